The van der Waals surface area contributed by atoms with Crippen molar-refractivity contribution in [2.45, 2.75) is 6.43 Å². The summed E-state index contributed by atoms with van der Waals surface area (Å²) in [6, 6.07) is 2.64. The van der Waals surface area contributed by atoms with Crippen LogP contribution >= 0.6 is 0 Å². The molecule has 0 saturated carbocycles. The van der Waals surface area contributed by atoms with Gasteiger partial charge in [0.05, 0.1) is 0 Å². The van der Waals surface area contributed by atoms with Gasteiger partial charge in [0.25, 0.3) is 6.43 Å². The Bertz CT molecular complexity index is 292. The third-order valence-electron chi connectivity index (χ3n) is 1.00. The molecule has 5 heteroatoms. The van der Waals surface area contributed by atoms with Crippen LogP contribution in [0.4, 0.5) is 8.78 Å². The van der Waals surface area contributed by atoms with Gasteiger partial charge in [-0.3, -0.25) is 0 Å². The maximum absolute atomic E-state index is 11.9. The van der Waals surface area contributed by atoms with Crippen LogP contribution < -0.4 is 0 Å². The zero-order chi connectivity index (χ0) is 8.27. The molecule has 56 valence electrons. The second-order valence-corrected chi connectivity index (χ2v) is 1.72. The fourth-order valence-electron chi connectivity index (χ4n) is 0.548. The Kier molecular flexibility index (Phi) is 2.06. The highest BCUT2D eigenvalue weighted by molar-refractivity contribution is 5.13. The third kappa shape index (κ3) is 1.67. The van der Waals surface area contributed by atoms with Crippen molar-refractivity contribution in [1.29, 1.82) is 5.26 Å². The summed E-state index contributed by atoms with van der Waals surface area (Å²) in [5.41, 5.74) is -0.420. The maximum Gasteiger partial charge on any atom is 0.280 e. The van der Waals surface area contributed by atoms with E-state index in [9.17, 15) is 8.78 Å². The van der Waals surface area contributed by atoms with Crippen LogP contribution in [0.15, 0.2) is 12.3 Å². The second kappa shape index (κ2) is 3.01. The lowest BCUT2D eigenvalue weighted by atomic mass is 10.4. The van der Waals surface area contributed by atoms with Crippen molar-refractivity contribution < 1.29 is 8.78 Å². The molecule has 0 atom stereocenters. The van der Waals surface area contributed by atoms with Crippen molar-refractivity contribution in [3.63, 3.8) is 0 Å². The first kappa shape index (κ1) is 7.54. The highest BCUT2D eigenvalue weighted by Gasteiger charge is 2.08. The van der Waals surface area contributed by atoms with Gasteiger partial charge in [0.2, 0.25) is 5.82 Å². The Balaban J connectivity index is 3.03. The molecule has 11 heavy (non-hydrogen) atoms. The topological polar surface area (TPSA) is 49.6 Å². The Morgan fingerprint density at radius 3 is 2.82 bits per heavy atom. The Hall–Kier alpha value is -1.57. The van der Waals surface area contributed by atoms with Crippen LogP contribution in [0.5, 0.6) is 0 Å². The largest absolute Gasteiger partial charge is 0.280 e. The van der Waals surface area contributed by atoms with Gasteiger partial charge < -0.3 is 0 Å². The molecule has 0 spiro atoms. The van der Waals surface area contributed by atoms with Gasteiger partial charge in [0.1, 0.15) is 11.8 Å². The van der Waals surface area contributed by atoms with Crippen LogP contribution in [-0.2, 0) is 0 Å². The zero-order valence-corrected chi connectivity index (χ0v) is 5.33. The molecule has 1 heterocycles. The molecule has 1 aromatic rings. The molecule has 0 aliphatic carbocycles. The summed E-state index contributed by atoms with van der Waals surface area (Å²) in [4.78, 5) is 6.70. The Morgan fingerprint density at radius 2 is 2.27 bits per heavy atom. The number of rotatable bonds is 1. The van der Waals surface area contributed by atoms with Crippen LogP contribution in [0.2, 0.25) is 0 Å². The second-order valence-electron chi connectivity index (χ2n) is 1.72. The van der Waals surface area contributed by atoms with E-state index in [2.05, 4.69) is 9.97 Å². The van der Waals surface area contributed by atoms with Crippen LogP contribution in [-0.4, -0.2) is 9.97 Å². The monoisotopic (exact) mass is 155 g/mol. The minimum atomic E-state index is -2.65. The standard InChI is InChI=1S/C6H3F2N3/c7-6(8)4-1-2-10-5(3-9)11-4/h1-2,6H. The van der Waals surface area contributed by atoms with E-state index in [4.69, 9.17) is 5.26 Å². The number of aromatic nitrogens is 2. The molecular formula is C6H3F2N3. The molecule has 1 rings (SSSR count). The number of alkyl halides is 2. The molecule has 0 saturated heterocycles. The van der Waals surface area contributed by atoms with Crippen LogP contribution in [0.1, 0.15) is 17.9 Å². The molecule has 0 fully saturated rings. The molecule has 0 bridgehead atoms. The van der Waals surface area contributed by atoms with Crippen molar-refractivity contribution >= 4 is 0 Å². The highest BCUT2D eigenvalue weighted by Crippen LogP contribution is 2.14. The molecule has 0 amide bonds. The summed E-state index contributed by atoms with van der Waals surface area (Å²) in [7, 11) is 0. The van der Waals surface area contributed by atoms with E-state index in [0.717, 1.165) is 12.3 Å². The first-order valence-corrected chi connectivity index (χ1v) is 2.75. The van der Waals surface area contributed by atoms with Gasteiger partial charge in [-0.15, -0.1) is 0 Å². The molecule has 0 aromatic carbocycles. The lowest BCUT2D eigenvalue weighted by Gasteiger charge is -1.95. The smallest absolute Gasteiger partial charge is 0.228 e. The predicted octanol–water partition coefficient (Wildman–Crippen LogP) is 1.29. The van der Waals surface area contributed by atoms with Gasteiger partial charge in [0, 0.05) is 6.20 Å². The van der Waals surface area contributed by atoms with Crippen molar-refractivity contribution in [3.8, 4) is 6.07 Å². The molecule has 0 aliphatic heterocycles. The van der Waals surface area contributed by atoms with Crippen molar-refractivity contribution in [2.75, 3.05) is 0 Å². The van der Waals surface area contributed by atoms with E-state index >= 15 is 0 Å². The normalized spacial score (nSPS) is 9.64. The van der Waals surface area contributed by atoms with Gasteiger partial charge in [-0.25, -0.2) is 18.7 Å². The molecule has 0 N–H and O–H groups in total. The minimum absolute atomic E-state index is 0.234. The highest BCUT2D eigenvalue weighted by atomic mass is 19.3. The maximum atomic E-state index is 11.9. The quantitative estimate of drug-likeness (QED) is 0.613. The summed E-state index contributed by atoms with van der Waals surface area (Å²) in [5.74, 6) is -0.234. The Morgan fingerprint density at radius 1 is 1.55 bits per heavy atom. The van der Waals surface area contributed by atoms with E-state index in [0.29, 0.717) is 0 Å². The summed E-state index contributed by atoms with van der Waals surface area (Å²) in [6.45, 7) is 0. The first-order valence-electron chi connectivity index (χ1n) is 2.75. The number of nitriles is 1. The fourth-order valence-corrected chi connectivity index (χ4v) is 0.548. The van der Waals surface area contributed by atoms with Gasteiger partial charge in [-0.05, 0) is 6.07 Å². The van der Waals surface area contributed by atoms with E-state index < -0.39 is 12.1 Å². The molecule has 0 aliphatic rings. The fraction of sp³-hybridized carbons (Fsp3) is 0.167. The van der Waals surface area contributed by atoms with Gasteiger partial charge in [-0.2, -0.15) is 5.26 Å². The summed E-state index contributed by atoms with van der Waals surface area (Å²) in [6.07, 6.45) is -1.52. The first-order chi connectivity index (χ1) is 5.24. The molecule has 3 nitrogen and oxygen atoms in total. The predicted molar refractivity (Wildman–Crippen MR) is 31.7 cm³/mol. The van der Waals surface area contributed by atoms with Gasteiger partial charge in [-0.1, -0.05) is 0 Å². The number of halogens is 2. The lowest BCUT2D eigenvalue weighted by Crippen LogP contribution is -1.94. The van der Waals surface area contributed by atoms with Crippen molar-refractivity contribution in [2.24, 2.45) is 0 Å². The van der Waals surface area contributed by atoms with E-state index in [1.165, 1.54) is 0 Å². The van der Waals surface area contributed by atoms with Crippen molar-refractivity contribution in [1.82, 2.24) is 9.97 Å². The number of nitrogens with zero attached hydrogens (tertiary/aromatic N) is 3. The van der Waals surface area contributed by atoms with E-state index in [1.807, 2.05) is 0 Å². The summed E-state index contributed by atoms with van der Waals surface area (Å²) >= 11 is 0. The Labute approximate surface area is 61.3 Å². The van der Waals surface area contributed by atoms with E-state index in [1.54, 1.807) is 6.07 Å². The summed E-state index contributed by atoms with van der Waals surface area (Å²) < 4.78 is 23.8. The SMILES string of the molecule is N#Cc1nccc(C(F)F)n1. The molecule has 0 unspecified atom stereocenters. The molecule has 0 radical (unpaired) electrons. The molecule has 1 aromatic heterocycles. The zero-order valence-electron chi connectivity index (χ0n) is 5.33. The van der Waals surface area contributed by atoms with Crippen LogP contribution in [0, 0.1) is 11.3 Å². The average Bonchev–Trinajstić information content (AvgIpc) is 2.05. The summed E-state index contributed by atoms with van der Waals surface area (Å²) in [5, 5.41) is 8.22. The van der Waals surface area contributed by atoms with Gasteiger partial charge in [0.15, 0.2) is 0 Å². The lowest BCUT2D eigenvalue weighted by molar-refractivity contribution is 0.146. The number of hydrogen-bond acceptors (Lipinski definition) is 3. The van der Waals surface area contributed by atoms with Crippen molar-refractivity contribution in [3.05, 3.63) is 23.8 Å². The minimum Gasteiger partial charge on any atom is -0.228 e. The van der Waals surface area contributed by atoms with Crippen LogP contribution in [0.3, 0.4) is 0 Å². The van der Waals surface area contributed by atoms with E-state index in [-0.39, 0.29) is 5.82 Å². The molecular weight excluding hydrogens is 152 g/mol. The average molecular weight is 155 g/mol. The van der Waals surface area contributed by atoms with Crippen LogP contribution in [0.25, 0.3) is 0 Å². The van der Waals surface area contributed by atoms with Gasteiger partial charge >= 0.3 is 0 Å². The number of hydrogen-bond donors (Lipinski definition) is 0. The third-order valence-corrected chi connectivity index (χ3v) is 1.00.